The normalized spacial score (nSPS) is 18.8. The number of rotatable bonds is 2. The Morgan fingerprint density at radius 3 is 2.69 bits per heavy atom. The lowest BCUT2D eigenvalue weighted by Gasteiger charge is -2.30. The van der Waals surface area contributed by atoms with Gasteiger partial charge in [0.05, 0.1) is 6.20 Å². The Balaban J connectivity index is 1.59. The number of hydrogen-bond donors (Lipinski definition) is 1. The zero-order valence-corrected chi connectivity index (χ0v) is 17.5. The number of aryl methyl sites for hydroxylation is 1. The van der Waals surface area contributed by atoms with Crippen molar-refractivity contribution >= 4 is 17.7 Å². The van der Waals surface area contributed by atoms with Crippen molar-refractivity contribution in [3.63, 3.8) is 0 Å². The third-order valence-electron chi connectivity index (χ3n) is 5.58. The number of amides is 2. The topological polar surface area (TPSA) is 78.5 Å². The molecule has 1 fully saturated rings. The van der Waals surface area contributed by atoms with E-state index in [1.165, 1.54) is 0 Å². The molecule has 1 aromatic heterocycles. The molecule has 1 unspecified atom stereocenters. The van der Waals surface area contributed by atoms with Gasteiger partial charge in [-0.3, -0.25) is 14.8 Å². The lowest BCUT2D eigenvalue weighted by molar-refractivity contribution is -0.122. The van der Waals surface area contributed by atoms with Crippen LogP contribution in [0.25, 0.3) is 11.1 Å². The van der Waals surface area contributed by atoms with Gasteiger partial charge in [0.25, 0.3) is 0 Å². The second-order valence-electron chi connectivity index (χ2n) is 8.78. The highest BCUT2D eigenvalue weighted by atomic mass is 16.6. The van der Waals surface area contributed by atoms with E-state index >= 15 is 0 Å². The summed E-state index contributed by atoms with van der Waals surface area (Å²) in [5.41, 5.74) is 4.70. The number of benzene rings is 1. The first-order valence-electron chi connectivity index (χ1n) is 10.2. The quantitative estimate of drug-likeness (QED) is 0.840. The van der Waals surface area contributed by atoms with E-state index in [1.54, 1.807) is 4.90 Å². The average Bonchev–Trinajstić information content (AvgIpc) is 3.38. The van der Waals surface area contributed by atoms with Crippen LogP contribution in [-0.4, -0.2) is 51.8 Å². The molecule has 0 saturated carbocycles. The van der Waals surface area contributed by atoms with Gasteiger partial charge in [0.15, 0.2) is 0 Å². The molecule has 1 aromatic carbocycles. The average molecular weight is 396 g/mol. The maximum atomic E-state index is 13.4. The van der Waals surface area contributed by atoms with Crippen LogP contribution in [-0.2, 0) is 16.0 Å². The molecule has 0 radical (unpaired) electrons. The number of carbonyl (C=O) groups excluding carboxylic acids is 2. The summed E-state index contributed by atoms with van der Waals surface area (Å²) in [6.45, 7) is 8.70. The summed E-state index contributed by atoms with van der Waals surface area (Å²) in [5, 5.41) is 7.12. The number of likely N-dealkylation sites (tertiary alicyclic amines) is 1. The Labute approximate surface area is 171 Å². The summed E-state index contributed by atoms with van der Waals surface area (Å²) in [5.74, 6) is -0.0202. The molecule has 4 rings (SSSR count). The fourth-order valence-corrected chi connectivity index (χ4v) is 4.28. The highest BCUT2D eigenvalue weighted by Crippen LogP contribution is 2.38. The van der Waals surface area contributed by atoms with Crippen LogP contribution >= 0.6 is 0 Å². The summed E-state index contributed by atoms with van der Waals surface area (Å²) in [6.07, 6.45) is 3.70. The molecule has 2 amide bonds. The van der Waals surface area contributed by atoms with Crippen LogP contribution in [0.1, 0.15) is 44.9 Å². The van der Waals surface area contributed by atoms with Crippen LogP contribution in [0.2, 0.25) is 0 Å². The molecule has 3 heterocycles. The fourth-order valence-electron chi connectivity index (χ4n) is 4.28. The Morgan fingerprint density at radius 2 is 2.00 bits per heavy atom. The lowest BCUT2D eigenvalue weighted by atomic mass is 9.98. The third-order valence-corrected chi connectivity index (χ3v) is 5.58. The number of carbonyl (C=O) groups is 2. The van der Waals surface area contributed by atoms with Crippen LogP contribution in [0.3, 0.4) is 0 Å². The van der Waals surface area contributed by atoms with Gasteiger partial charge in [0.2, 0.25) is 5.91 Å². The maximum absolute atomic E-state index is 13.4. The SMILES string of the molecule is Cc1[nH]ncc1-c1cccc2c1CCN2C(=O)C1CCCN1C(=O)OC(C)(C)C. The molecule has 2 aliphatic heterocycles. The summed E-state index contributed by atoms with van der Waals surface area (Å²) in [7, 11) is 0. The summed E-state index contributed by atoms with van der Waals surface area (Å²) < 4.78 is 5.52. The zero-order chi connectivity index (χ0) is 20.8. The van der Waals surface area contributed by atoms with E-state index in [1.807, 2.05) is 50.9 Å². The number of anilines is 1. The minimum atomic E-state index is -0.579. The van der Waals surface area contributed by atoms with E-state index in [0.29, 0.717) is 19.5 Å². The van der Waals surface area contributed by atoms with E-state index in [4.69, 9.17) is 4.74 Å². The number of aromatic amines is 1. The smallest absolute Gasteiger partial charge is 0.410 e. The first kappa shape index (κ1) is 19.5. The second-order valence-corrected chi connectivity index (χ2v) is 8.78. The van der Waals surface area contributed by atoms with Crippen molar-refractivity contribution in [3.05, 3.63) is 35.7 Å². The molecule has 7 heteroatoms. The van der Waals surface area contributed by atoms with Crippen molar-refractivity contribution in [2.75, 3.05) is 18.0 Å². The molecule has 1 N–H and O–H groups in total. The Morgan fingerprint density at radius 1 is 1.21 bits per heavy atom. The molecular weight excluding hydrogens is 368 g/mol. The van der Waals surface area contributed by atoms with E-state index in [9.17, 15) is 9.59 Å². The molecule has 29 heavy (non-hydrogen) atoms. The first-order chi connectivity index (χ1) is 13.8. The number of fused-ring (bicyclic) bond motifs is 1. The van der Waals surface area contributed by atoms with Crippen molar-refractivity contribution in [1.82, 2.24) is 15.1 Å². The van der Waals surface area contributed by atoms with Gasteiger partial charge in [-0.25, -0.2) is 4.79 Å². The molecule has 2 aliphatic rings. The molecule has 1 saturated heterocycles. The molecule has 1 atom stereocenters. The maximum Gasteiger partial charge on any atom is 0.410 e. The van der Waals surface area contributed by atoms with Crippen LogP contribution < -0.4 is 4.90 Å². The number of aromatic nitrogens is 2. The van der Waals surface area contributed by atoms with Crippen LogP contribution in [0.5, 0.6) is 0 Å². The Hall–Kier alpha value is -2.83. The van der Waals surface area contributed by atoms with Gasteiger partial charge >= 0.3 is 6.09 Å². The number of ether oxygens (including phenoxy) is 1. The Bertz CT molecular complexity index is 944. The number of hydrogen-bond acceptors (Lipinski definition) is 4. The molecular formula is C22H28N4O3. The van der Waals surface area contributed by atoms with Gasteiger partial charge < -0.3 is 9.64 Å². The van der Waals surface area contributed by atoms with Gasteiger partial charge in [-0.2, -0.15) is 5.10 Å². The van der Waals surface area contributed by atoms with Gasteiger partial charge in [0, 0.05) is 30.0 Å². The third kappa shape index (κ3) is 3.61. The monoisotopic (exact) mass is 396 g/mol. The number of H-pyrrole nitrogens is 1. The minimum absolute atomic E-state index is 0.0202. The molecule has 0 spiro atoms. The Kier molecular flexibility index (Phi) is 4.84. The summed E-state index contributed by atoms with van der Waals surface area (Å²) >= 11 is 0. The van der Waals surface area contributed by atoms with Crippen molar-refractivity contribution in [3.8, 4) is 11.1 Å². The van der Waals surface area contributed by atoms with E-state index in [-0.39, 0.29) is 5.91 Å². The summed E-state index contributed by atoms with van der Waals surface area (Å²) in [4.78, 5) is 29.4. The van der Waals surface area contributed by atoms with Gasteiger partial charge in [-0.1, -0.05) is 12.1 Å². The minimum Gasteiger partial charge on any atom is -0.444 e. The number of nitrogens with one attached hydrogen (secondary N) is 1. The van der Waals surface area contributed by atoms with Gasteiger partial charge in [-0.05, 0) is 64.2 Å². The second kappa shape index (κ2) is 7.21. The van der Waals surface area contributed by atoms with Crippen LogP contribution in [0.4, 0.5) is 10.5 Å². The van der Waals surface area contributed by atoms with Crippen molar-refractivity contribution in [2.45, 2.75) is 58.6 Å². The lowest BCUT2D eigenvalue weighted by Crippen LogP contribution is -2.48. The van der Waals surface area contributed by atoms with Gasteiger partial charge in [-0.15, -0.1) is 0 Å². The molecule has 0 aliphatic carbocycles. The predicted molar refractivity (Wildman–Crippen MR) is 111 cm³/mol. The van der Waals surface area contributed by atoms with Gasteiger partial charge in [0.1, 0.15) is 11.6 Å². The largest absolute Gasteiger partial charge is 0.444 e. The van der Waals surface area contributed by atoms with Crippen molar-refractivity contribution in [1.29, 1.82) is 0 Å². The molecule has 2 aromatic rings. The highest BCUT2D eigenvalue weighted by Gasteiger charge is 2.40. The van der Waals surface area contributed by atoms with Crippen LogP contribution in [0.15, 0.2) is 24.4 Å². The fraction of sp³-hybridized carbons (Fsp3) is 0.500. The first-order valence-corrected chi connectivity index (χ1v) is 10.2. The van der Waals surface area contributed by atoms with Crippen LogP contribution in [0, 0.1) is 6.92 Å². The molecule has 0 bridgehead atoms. The van der Waals surface area contributed by atoms with Crippen molar-refractivity contribution < 1.29 is 14.3 Å². The van der Waals surface area contributed by atoms with E-state index in [2.05, 4.69) is 16.3 Å². The highest BCUT2D eigenvalue weighted by molar-refractivity contribution is 6.01. The zero-order valence-electron chi connectivity index (χ0n) is 17.5. The van der Waals surface area contributed by atoms with E-state index in [0.717, 1.165) is 40.9 Å². The standard InChI is InChI=1S/C22H28N4O3/c1-14-17(13-23-24-14)15-7-5-8-18-16(15)10-12-25(18)20(27)19-9-6-11-26(19)21(28)29-22(2,3)4/h5,7-8,13,19H,6,9-12H2,1-4H3,(H,23,24). The number of nitrogens with zero attached hydrogens (tertiary/aromatic N) is 3. The predicted octanol–water partition coefficient (Wildman–Crippen LogP) is 3.67. The van der Waals surface area contributed by atoms with Crippen molar-refractivity contribution in [2.24, 2.45) is 0 Å². The molecule has 154 valence electrons. The van der Waals surface area contributed by atoms with E-state index < -0.39 is 17.7 Å². The molecule has 7 nitrogen and oxygen atoms in total. The summed E-state index contributed by atoms with van der Waals surface area (Å²) in [6, 6.07) is 5.58.